The highest BCUT2D eigenvalue weighted by Crippen LogP contribution is 2.46. The Morgan fingerprint density at radius 1 is 1.00 bits per heavy atom. The molecule has 2 aromatic carbocycles. The molecule has 1 amide bonds. The van der Waals surface area contributed by atoms with Crippen molar-refractivity contribution in [3.63, 3.8) is 0 Å². The lowest BCUT2D eigenvalue weighted by Gasteiger charge is -2.38. The summed E-state index contributed by atoms with van der Waals surface area (Å²) in [5.41, 5.74) is 1.78. The van der Waals surface area contributed by atoms with Crippen LogP contribution in [-0.2, 0) is 9.59 Å². The van der Waals surface area contributed by atoms with Crippen molar-refractivity contribution >= 4 is 57.9 Å². The number of rotatable bonds is 3. The summed E-state index contributed by atoms with van der Waals surface area (Å²) in [7, 11) is 0. The van der Waals surface area contributed by atoms with Crippen molar-refractivity contribution in [2.75, 3.05) is 4.90 Å². The summed E-state index contributed by atoms with van der Waals surface area (Å²) in [5.74, 6) is -0.798. The maximum Gasteiger partial charge on any atom is 0.289 e. The average molecular weight is 466 g/mol. The predicted octanol–water partition coefficient (Wildman–Crippen LogP) is 6.08. The number of hydrogen-bond acceptors (Lipinski definition) is 4. The molecule has 0 saturated carbocycles. The van der Waals surface area contributed by atoms with E-state index >= 15 is 0 Å². The Bertz CT molecular complexity index is 1130. The van der Waals surface area contributed by atoms with E-state index in [9.17, 15) is 19.7 Å². The molecule has 0 N–H and O–H groups in total. The second-order valence-electron chi connectivity index (χ2n) is 7.18. The molecule has 0 spiro atoms. The van der Waals surface area contributed by atoms with Gasteiger partial charge in [0.05, 0.1) is 10.6 Å². The molecule has 30 heavy (non-hydrogen) atoms. The highest BCUT2D eigenvalue weighted by molar-refractivity contribution is 6.35. The Labute approximate surface area is 187 Å². The average Bonchev–Trinajstić information content (AvgIpc) is 2.68. The normalized spacial score (nSPS) is 19.2. The van der Waals surface area contributed by atoms with Crippen LogP contribution in [0.3, 0.4) is 0 Å². The van der Waals surface area contributed by atoms with Gasteiger partial charge in [0.25, 0.3) is 5.69 Å². The van der Waals surface area contributed by atoms with E-state index in [0.717, 1.165) is 0 Å². The van der Waals surface area contributed by atoms with Gasteiger partial charge in [0, 0.05) is 46.1 Å². The molecule has 6 nitrogen and oxygen atoms in total. The Morgan fingerprint density at radius 2 is 1.77 bits per heavy atom. The van der Waals surface area contributed by atoms with Crippen LogP contribution in [0.15, 0.2) is 47.7 Å². The van der Waals surface area contributed by atoms with Crippen LogP contribution in [0.4, 0.5) is 11.4 Å². The van der Waals surface area contributed by atoms with Crippen molar-refractivity contribution in [1.82, 2.24) is 0 Å². The molecule has 4 rings (SSSR count). The first-order valence-corrected chi connectivity index (χ1v) is 10.4. The number of nitro benzene ring substituents is 1. The molecule has 0 radical (unpaired) electrons. The molecule has 2 aromatic rings. The predicted molar refractivity (Wildman–Crippen MR) is 115 cm³/mol. The number of amides is 1. The first-order chi connectivity index (χ1) is 14.3. The number of halogens is 3. The number of carbonyl (C=O) groups is 2. The van der Waals surface area contributed by atoms with Crippen LogP contribution in [0.1, 0.15) is 37.2 Å². The Hall–Kier alpha value is -2.41. The summed E-state index contributed by atoms with van der Waals surface area (Å²) >= 11 is 18.3. The van der Waals surface area contributed by atoms with E-state index in [4.69, 9.17) is 34.8 Å². The van der Waals surface area contributed by atoms with E-state index in [1.807, 2.05) is 0 Å². The summed E-state index contributed by atoms with van der Waals surface area (Å²) < 4.78 is 0. The summed E-state index contributed by atoms with van der Waals surface area (Å²) in [5, 5.41) is 12.1. The second-order valence-corrected chi connectivity index (χ2v) is 8.43. The molecule has 1 unspecified atom stereocenters. The fourth-order valence-electron chi connectivity index (χ4n) is 4.12. The van der Waals surface area contributed by atoms with Gasteiger partial charge in [-0.1, -0.05) is 40.9 Å². The third kappa shape index (κ3) is 3.60. The first kappa shape index (κ1) is 20.8. The van der Waals surface area contributed by atoms with Gasteiger partial charge >= 0.3 is 0 Å². The number of carbonyl (C=O) groups excluding carboxylic acids is 2. The number of allylic oxidation sites excluding steroid dienone is 2. The lowest BCUT2D eigenvalue weighted by Crippen LogP contribution is -2.40. The Kier molecular flexibility index (Phi) is 5.57. The van der Waals surface area contributed by atoms with Gasteiger partial charge in [-0.2, -0.15) is 0 Å². The van der Waals surface area contributed by atoms with Crippen molar-refractivity contribution < 1.29 is 14.5 Å². The van der Waals surface area contributed by atoms with Crippen LogP contribution in [0.25, 0.3) is 0 Å². The number of nitrogens with zero attached hydrogens (tertiary/aromatic N) is 2. The van der Waals surface area contributed by atoms with Gasteiger partial charge < -0.3 is 0 Å². The number of benzene rings is 2. The summed E-state index contributed by atoms with van der Waals surface area (Å²) in [4.78, 5) is 38.2. The van der Waals surface area contributed by atoms with Crippen molar-refractivity contribution in [3.05, 3.63) is 78.4 Å². The molecule has 154 valence electrons. The number of Topliss-reactive ketones (excluding diaryl/α,β-unsaturated/α-hetero) is 1. The second kappa shape index (κ2) is 8.02. The molecule has 1 heterocycles. The Balaban J connectivity index is 1.88. The van der Waals surface area contributed by atoms with Gasteiger partial charge in [0.15, 0.2) is 5.78 Å². The van der Waals surface area contributed by atoms with Gasteiger partial charge in [0.1, 0.15) is 5.02 Å². The van der Waals surface area contributed by atoms with E-state index in [-0.39, 0.29) is 28.8 Å². The Morgan fingerprint density at radius 3 is 2.47 bits per heavy atom. The minimum Gasteiger partial charge on any atom is -0.294 e. The van der Waals surface area contributed by atoms with Crippen LogP contribution in [0, 0.1) is 10.1 Å². The topological polar surface area (TPSA) is 80.5 Å². The van der Waals surface area contributed by atoms with E-state index < -0.39 is 10.8 Å². The van der Waals surface area contributed by atoms with Gasteiger partial charge in [0.2, 0.25) is 5.91 Å². The van der Waals surface area contributed by atoms with Crippen LogP contribution in [0.2, 0.25) is 15.1 Å². The standard InChI is InChI=1S/C21H15Cl3N2O4/c22-11-4-6-13(16(24)8-11)14-10-20(28)25(17-2-1-3-19(27)21(14)17)12-5-7-15(23)18(9-12)26(29)30/h4-9,14H,1-3,10H2. The van der Waals surface area contributed by atoms with Crippen LogP contribution < -0.4 is 4.90 Å². The van der Waals surface area contributed by atoms with E-state index in [2.05, 4.69) is 0 Å². The molecular weight excluding hydrogens is 451 g/mol. The maximum atomic E-state index is 13.2. The molecule has 2 aliphatic rings. The summed E-state index contributed by atoms with van der Waals surface area (Å²) in [6, 6.07) is 9.19. The van der Waals surface area contributed by atoms with Crippen LogP contribution >= 0.6 is 34.8 Å². The quantitative estimate of drug-likeness (QED) is 0.406. The third-order valence-electron chi connectivity index (χ3n) is 5.40. The SMILES string of the molecule is O=C1CCCC2=C1C(c1ccc(Cl)cc1Cl)CC(=O)N2c1ccc(Cl)c([N+](=O)[O-])c1. The number of anilines is 1. The van der Waals surface area contributed by atoms with E-state index in [0.29, 0.717) is 51.8 Å². The lowest BCUT2D eigenvalue weighted by atomic mass is 9.77. The number of nitro groups is 1. The van der Waals surface area contributed by atoms with Crippen molar-refractivity contribution in [2.24, 2.45) is 0 Å². The molecule has 0 bridgehead atoms. The molecule has 1 atom stereocenters. The zero-order chi connectivity index (χ0) is 21.6. The van der Waals surface area contributed by atoms with Crippen molar-refractivity contribution in [3.8, 4) is 0 Å². The van der Waals surface area contributed by atoms with Crippen molar-refractivity contribution in [1.29, 1.82) is 0 Å². The van der Waals surface area contributed by atoms with Crippen LogP contribution in [0.5, 0.6) is 0 Å². The minimum atomic E-state index is -0.599. The molecule has 1 aliphatic heterocycles. The third-order valence-corrected chi connectivity index (χ3v) is 6.28. The van der Waals surface area contributed by atoms with Gasteiger partial charge in [-0.25, -0.2) is 0 Å². The molecule has 9 heteroatoms. The smallest absolute Gasteiger partial charge is 0.289 e. The maximum absolute atomic E-state index is 13.2. The van der Waals surface area contributed by atoms with Crippen molar-refractivity contribution in [2.45, 2.75) is 31.6 Å². The van der Waals surface area contributed by atoms with Gasteiger partial charge in [-0.15, -0.1) is 0 Å². The lowest BCUT2D eigenvalue weighted by molar-refractivity contribution is -0.384. The number of ketones is 1. The summed E-state index contributed by atoms with van der Waals surface area (Å²) in [6.07, 6.45) is 1.49. The number of hydrogen-bond donors (Lipinski definition) is 0. The molecule has 0 aromatic heterocycles. The fourth-order valence-corrected chi connectivity index (χ4v) is 4.85. The molecule has 0 fully saturated rings. The molecular formula is C21H15Cl3N2O4. The first-order valence-electron chi connectivity index (χ1n) is 9.26. The zero-order valence-corrected chi connectivity index (χ0v) is 17.8. The van der Waals surface area contributed by atoms with Gasteiger partial charge in [-0.05, 0) is 42.7 Å². The molecule has 0 saturated heterocycles. The highest BCUT2D eigenvalue weighted by atomic mass is 35.5. The fraction of sp³-hybridized carbons (Fsp3) is 0.238. The van der Waals surface area contributed by atoms with Gasteiger partial charge in [-0.3, -0.25) is 24.6 Å². The van der Waals surface area contributed by atoms with E-state index in [1.54, 1.807) is 24.3 Å². The molecule has 1 aliphatic carbocycles. The highest BCUT2D eigenvalue weighted by Gasteiger charge is 2.40. The van der Waals surface area contributed by atoms with E-state index in [1.165, 1.54) is 17.0 Å². The monoisotopic (exact) mass is 464 g/mol. The minimum absolute atomic E-state index is 0.0162. The van der Waals surface area contributed by atoms with Crippen LogP contribution in [-0.4, -0.2) is 16.6 Å². The zero-order valence-electron chi connectivity index (χ0n) is 15.5. The largest absolute Gasteiger partial charge is 0.294 e. The summed E-state index contributed by atoms with van der Waals surface area (Å²) in [6.45, 7) is 0.